The Hall–Kier alpha value is -1.11. The maximum Gasteiger partial charge on any atom is 0.165 e. The molecule has 0 radical (unpaired) electrons. The molecule has 1 saturated carbocycles. The minimum Gasteiger partial charge on any atom is -0.396 e. The zero-order valence-corrected chi connectivity index (χ0v) is 13.4. The first kappa shape index (κ1) is 17.9. The highest BCUT2D eigenvalue weighted by Crippen LogP contribution is 2.32. The highest BCUT2D eigenvalue weighted by molar-refractivity contribution is 5.85. The van der Waals surface area contributed by atoms with Gasteiger partial charge in [0.05, 0.1) is 6.33 Å². The SMILES string of the molecule is Cl.Cl.OCCCNc1ncnc2c1ncn2C1CCCC1. The molecule has 1 aliphatic carbocycles. The maximum absolute atomic E-state index is 8.81. The molecule has 0 amide bonds. The number of nitrogens with one attached hydrogen (secondary N) is 1. The maximum atomic E-state index is 8.81. The van der Waals surface area contributed by atoms with E-state index in [-0.39, 0.29) is 31.4 Å². The number of aromatic nitrogens is 4. The van der Waals surface area contributed by atoms with E-state index in [1.807, 2.05) is 6.33 Å². The van der Waals surface area contributed by atoms with Gasteiger partial charge in [-0.3, -0.25) is 0 Å². The second-order valence-electron chi connectivity index (χ2n) is 4.99. The van der Waals surface area contributed by atoms with Gasteiger partial charge in [0.25, 0.3) is 0 Å². The molecule has 0 aromatic carbocycles. The van der Waals surface area contributed by atoms with Gasteiger partial charge in [0.1, 0.15) is 11.8 Å². The van der Waals surface area contributed by atoms with Crippen molar-refractivity contribution < 1.29 is 5.11 Å². The number of fused-ring (bicyclic) bond motifs is 1. The molecule has 0 atom stereocenters. The summed E-state index contributed by atoms with van der Waals surface area (Å²) in [5.74, 6) is 0.759. The van der Waals surface area contributed by atoms with Gasteiger partial charge in [-0.05, 0) is 19.3 Å². The van der Waals surface area contributed by atoms with Gasteiger partial charge in [-0.25, -0.2) is 15.0 Å². The van der Waals surface area contributed by atoms with E-state index in [2.05, 4.69) is 24.8 Å². The lowest BCUT2D eigenvalue weighted by Crippen LogP contribution is -2.07. The van der Waals surface area contributed by atoms with Crippen LogP contribution in [0.2, 0.25) is 0 Å². The molecule has 2 aromatic heterocycles. The summed E-state index contributed by atoms with van der Waals surface area (Å²) in [6.07, 6.45) is 9.16. The average molecular weight is 334 g/mol. The molecule has 118 valence electrons. The Kier molecular flexibility index (Phi) is 7.14. The van der Waals surface area contributed by atoms with E-state index in [0.717, 1.165) is 17.0 Å². The fourth-order valence-corrected chi connectivity index (χ4v) is 2.72. The third kappa shape index (κ3) is 3.75. The van der Waals surface area contributed by atoms with Gasteiger partial charge < -0.3 is 15.0 Å². The molecule has 8 heteroatoms. The summed E-state index contributed by atoms with van der Waals surface area (Å²) in [7, 11) is 0. The van der Waals surface area contributed by atoms with Crippen molar-refractivity contribution in [2.45, 2.75) is 38.1 Å². The highest BCUT2D eigenvalue weighted by atomic mass is 35.5. The lowest BCUT2D eigenvalue weighted by Gasteiger charge is -2.11. The predicted octanol–water partition coefficient (Wildman–Crippen LogP) is 2.58. The number of anilines is 1. The van der Waals surface area contributed by atoms with Crippen LogP contribution < -0.4 is 5.32 Å². The van der Waals surface area contributed by atoms with E-state index in [0.29, 0.717) is 19.0 Å². The van der Waals surface area contributed by atoms with Crippen LogP contribution >= 0.6 is 24.8 Å². The van der Waals surface area contributed by atoms with Gasteiger partial charge in [-0.15, -0.1) is 24.8 Å². The molecule has 2 N–H and O–H groups in total. The lowest BCUT2D eigenvalue weighted by atomic mass is 10.2. The molecule has 6 nitrogen and oxygen atoms in total. The van der Waals surface area contributed by atoms with E-state index in [4.69, 9.17) is 5.11 Å². The predicted molar refractivity (Wildman–Crippen MR) is 87.5 cm³/mol. The summed E-state index contributed by atoms with van der Waals surface area (Å²) in [4.78, 5) is 13.1. The van der Waals surface area contributed by atoms with Crippen LogP contribution in [0.25, 0.3) is 11.2 Å². The summed E-state index contributed by atoms with van der Waals surface area (Å²) >= 11 is 0. The minimum atomic E-state index is 0. The Morgan fingerprint density at radius 3 is 2.67 bits per heavy atom. The van der Waals surface area contributed by atoms with Crippen molar-refractivity contribution in [3.8, 4) is 0 Å². The van der Waals surface area contributed by atoms with Crippen LogP contribution in [0.3, 0.4) is 0 Å². The third-order valence-electron chi connectivity index (χ3n) is 3.70. The summed E-state index contributed by atoms with van der Waals surface area (Å²) in [5.41, 5.74) is 1.74. The number of aliphatic hydroxyl groups excluding tert-OH is 1. The fourth-order valence-electron chi connectivity index (χ4n) is 2.72. The quantitative estimate of drug-likeness (QED) is 0.822. The molecule has 0 saturated heterocycles. The Morgan fingerprint density at radius 2 is 1.95 bits per heavy atom. The van der Waals surface area contributed by atoms with Crippen LogP contribution in [0, 0.1) is 0 Å². The Morgan fingerprint density at radius 1 is 1.19 bits per heavy atom. The molecule has 0 bridgehead atoms. The van der Waals surface area contributed by atoms with Gasteiger partial charge in [0, 0.05) is 19.2 Å². The number of hydrogen-bond acceptors (Lipinski definition) is 5. The first-order chi connectivity index (χ1) is 9.40. The number of halogens is 2. The van der Waals surface area contributed by atoms with Crippen LogP contribution in [-0.2, 0) is 0 Å². The monoisotopic (exact) mass is 333 g/mol. The fraction of sp³-hybridized carbons (Fsp3) is 0.615. The third-order valence-corrected chi connectivity index (χ3v) is 3.70. The van der Waals surface area contributed by atoms with Crippen LogP contribution in [-0.4, -0.2) is 37.8 Å². The average Bonchev–Trinajstić information content (AvgIpc) is 3.07. The number of aliphatic hydroxyl groups is 1. The summed E-state index contributed by atoms with van der Waals surface area (Å²) in [5, 5.41) is 12.0. The van der Waals surface area contributed by atoms with Gasteiger partial charge >= 0.3 is 0 Å². The number of nitrogens with zero attached hydrogens (tertiary/aromatic N) is 4. The van der Waals surface area contributed by atoms with Crippen molar-refractivity contribution in [1.82, 2.24) is 19.5 Å². The molecule has 1 aliphatic rings. The smallest absolute Gasteiger partial charge is 0.165 e. The number of rotatable bonds is 5. The molecule has 2 heterocycles. The van der Waals surface area contributed by atoms with E-state index in [1.54, 1.807) is 6.33 Å². The molecule has 2 aromatic rings. The molecule has 21 heavy (non-hydrogen) atoms. The highest BCUT2D eigenvalue weighted by Gasteiger charge is 2.20. The van der Waals surface area contributed by atoms with Crippen molar-refractivity contribution >= 4 is 41.8 Å². The molecule has 0 aliphatic heterocycles. The van der Waals surface area contributed by atoms with Crippen molar-refractivity contribution in [3.05, 3.63) is 12.7 Å². The second-order valence-corrected chi connectivity index (χ2v) is 4.99. The standard InChI is InChI=1S/C13H19N5O.2ClH/c19-7-3-6-14-12-11-13(16-8-15-12)18(9-17-11)10-4-1-2-5-10;;/h8-10,19H,1-7H2,(H,14,15,16);2*1H. The Bertz CT molecular complexity index is 556. The van der Waals surface area contributed by atoms with E-state index < -0.39 is 0 Å². The molecule has 0 spiro atoms. The Labute approximate surface area is 136 Å². The molecule has 1 fully saturated rings. The van der Waals surface area contributed by atoms with Crippen molar-refractivity contribution in [1.29, 1.82) is 0 Å². The van der Waals surface area contributed by atoms with E-state index in [1.165, 1.54) is 25.7 Å². The summed E-state index contributed by atoms with van der Waals surface area (Å²) in [6, 6.07) is 0.533. The topological polar surface area (TPSA) is 75.9 Å². The molecule has 3 rings (SSSR count). The van der Waals surface area contributed by atoms with Gasteiger partial charge in [0.2, 0.25) is 0 Å². The Balaban J connectivity index is 0.00000110. The number of hydrogen-bond donors (Lipinski definition) is 2. The normalized spacial score (nSPS) is 14.7. The van der Waals surface area contributed by atoms with E-state index >= 15 is 0 Å². The van der Waals surface area contributed by atoms with Gasteiger partial charge in [-0.2, -0.15) is 0 Å². The first-order valence-electron chi connectivity index (χ1n) is 6.92. The lowest BCUT2D eigenvalue weighted by molar-refractivity contribution is 0.292. The largest absolute Gasteiger partial charge is 0.396 e. The van der Waals surface area contributed by atoms with Gasteiger partial charge in [-0.1, -0.05) is 12.8 Å². The van der Waals surface area contributed by atoms with Crippen molar-refractivity contribution in [2.24, 2.45) is 0 Å². The molecule has 0 unspecified atom stereocenters. The van der Waals surface area contributed by atoms with Crippen LogP contribution in [0.15, 0.2) is 12.7 Å². The molecular weight excluding hydrogens is 313 g/mol. The first-order valence-corrected chi connectivity index (χ1v) is 6.92. The van der Waals surface area contributed by atoms with Crippen LogP contribution in [0.1, 0.15) is 38.1 Å². The second kappa shape index (κ2) is 8.36. The van der Waals surface area contributed by atoms with Crippen LogP contribution in [0.4, 0.5) is 5.82 Å². The van der Waals surface area contributed by atoms with E-state index in [9.17, 15) is 0 Å². The van der Waals surface area contributed by atoms with Crippen molar-refractivity contribution in [2.75, 3.05) is 18.5 Å². The van der Waals surface area contributed by atoms with Crippen LogP contribution in [0.5, 0.6) is 0 Å². The zero-order chi connectivity index (χ0) is 13.1. The summed E-state index contributed by atoms with van der Waals surface area (Å²) in [6.45, 7) is 0.872. The number of imidazole rings is 1. The van der Waals surface area contributed by atoms with Crippen molar-refractivity contribution in [3.63, 3.8) is 0 Å². The summed E-state index contributed by atoms with van der Waals surface area (Å²) < 4.78 is 2.18. The molecular formula is C13H21Cl2N5O. The zero-order valence-electron chi connectivity index (χ0n) is 11.7. The van der Waals surface area contributed by atoms with Gasteiger partial charge in [0.15, 0.2) is 11.5 Å². The minimum absolute atomic E-state index is 0.